The molecule has 84 valence electrons. The van der Waals surface area contributed by atoms with Crippen LogP contribution in [0.5, 0.6) is 0 Å². The summed E-state index contributed by atoms with van der Waals surface area (Å²) in [5.41, 5.74) is 1.15. The average molecular weight is 209 g/mol. The third kappa shape index (κ3) is 3.32. The minimum absolute atomic E-state index is 0.551. The van der Waals surface area contributed by atoms with E-state index < -0.39 is 0 Å². The molecule has 0 radical (unpaired) electrons. The van der Waals surface area contributed by atoms with E-state index in [2.05, 4.69) is 10.4 Å². The van der Waals surface area contributed by atoms with Crippen molar-refractivity contribution in [3.8, 4) is 0 Å². The van der Waals surface area contributed by atoms with Gasteiger partial charge in [-0.25, -0.2) is 0 Å². The first kappa shape index (κ1) is 10.6. The quantitative estimate of drug-likeness (QED) is 0.806. The van der Waals surface area contributed by atoms with Crippen molar-refractivity contribution in [2.24, 2.45) is 7.05 Å². The van der Waals surface area contributed by atoms with Crippen molar-refractivity contribution >= 4 is 0 Å². The predicted molar refractivity (Wildman–Crippen MR) is 58.5 cm³/mol. The van der Waals surface area contributed by atoms with E-state index in [1.165, 1.54) is 19.3 Å². The Balaban J connectivity index is 1.65. The molecule has 1 saturated heterocycles. The van der Waals surface area contributed by atoms with Gasteiger partial charge in [-0.3, -0.25) is 4.68 Å². The molecule has 1 atom stereocenters. The molecule has 4 nitrogen and oxygen atoms in total. The smallest absolute Gasteiger partial charge is 0.0748 e. The Morgan fingerprint density at radius 2 is 2.53 bits per heavy atom. The van der Waals surface area contributed by atoms with Gasteiger partial charge in [0.15, 0.2) is 0 Å². The minimum Gasteiger partial charge on any atom is -0.375 e. The Hall–Kier alpha value is -0.870. The van der Waals surface area contributed by atoms with Gasteiger partial charge in [0.2, 0.25) is 0 Å². The lowest BCUT2D eigenvalue weighted by molar-refractivity contribution is 0.0911. The molecular formula is C11H19N3O. The molecule has 2 rings (SSSR count). The molecule has 0 bridgehead atoms. The van der Waals surface area contributed by atoms with E-state index in [0.29, 0.717) is 12.6 Å². The van der Waals surface area contributed by atoms with E-state index in [1.54, 1.807) is 4.68 Å². The van der Waals surface area contributed by atoms with E-state index >= 15 is 0 Å². The number of hydrogen-bond donors (Lipinski definition) is 1. The molecule has 4 heteroatoms. The van der Waals surface area contributed by atoms with E-state index in [-0.39, 0.29) is 0 Å². The highest BCUT2D eigenvalue weighted by atomic mass is 16.5. The normalized spacial score (nSPS) is 21.8. The number of nitrogens with zero attached hydrogens (tertiary/aromatic N) is 2. The van der Waals surface area contributed by atoms with Crippen molar-refractivity contribution in [3.05, 3.63) is 18.0 Å². The van der Waals surface area contributed by atoms with Crippen LogP contribution in [0.25, 0.3) is 0 Å². The molecule has 1 aromatic heterocycles. The van der Waals surface area contributed by atoms with Gasteiger partial charge >= 0.3 is 0 Å². The third-order valence-electron chi connectivity index (χ3n) is 2.76. The summed E-state index contributed by atoms with van der Waals surface area (Å²) >= 11 is 0. The summed E-state index contributed by atoms with van der Waals surface area (Å²) in [6, 6.07) is 0.551. The molecule has 0 amide bonds. The van der Waals surface area contributed by atoms with Crippen LogP contribution in [0.15, 0.2) is 12.4 Å². The van der Waals surface area contributed by atoms with Gasteiger partial charge in [-0.1, -0.05) is 6.42 Å². The van der Waals surface area contributed by atoms with Crippen molar-refractivity contribution in [1.29, 1.82) is 0 Å². The molecule has 1 aliphatic heterocycles. The minimum atomic E-state index is 0.551. The first-order valence-corrected chi connectivity index (χ1v) is 5.63. The van der Waals surface area contributed by atoms with E-state index in [4.69, 9.17) is 4.74 Å². The molecule has 1 N–H and O–H groups in total. The summed E-state index contributed by atoms with van der Waals surface area (Å²) in [7, 11) is 1.92. The summed E-state index contributed by atoms with van der Waals surface area (Å²) in [6.07, 6.45) is 7.72. The van der Waals surface area contributed by atoms with Gasteiger partial charge in [-0.05, 0) is 19.4 Å². The second-order valence-corrected chi connectivity index (χ2v) is 4.18. The molecule has 1 unspecified atom stereocenters. The molecule has 0 aromatic carbocycles. The summed E-state index contributed by atoms with van der Waals surface area (Å²) in [5, 5.41) is 7.57. The van der Waals surface area contributed by atoms with Crippen molar-refractivity contribution in [3.63, 3.8) is 0 Å². The zero-order chi connectivity index (χ0) is 10.5. The fourth-order valence-electron chi connectivity index (χ4n) is 1.93. The Kier molecular flexibility index (Phi) is 3.75. The number of aromatic nitrogens is 2. The largest absolute Gasteiger partial charge is 0.375 e. The fraction of sp³-hybridized carbons (Fsp3) is 0.727. The molecule has 0 spiro atoms. The predicted octanol–water partition coefficient (Wildman–Crippen LogP) is 1.08. The van der Waals surface area contributed by atoms with Crippen LogP contribution in [0.1, 0.15) is 24.8 Å². The lowest BCUT2D eigenvalue weighted by Gasteiger charge is -2.22. The number of hydrogen-bond acceptors (Lipinski definition) is 3. The maximum absolute atomic E-state index is 5.66. The lowest BCUT2D eigenvalue weighted by atomic mass is 10.1. The van der Waals surface area contributed by atoms with Gasteiger partial charge in [0.05, 0.1) is 19.4 Å². The maximum atomic E-state index is 5.66. The van der Waals surface area contributed by atoms with Crippen LogP contribution in [0.2, 0.25) is 0 Å². The van der Waals surface area contributed by atoms with Gasteiger partial charge in [-0.15, -0.1) is 0 Å². The van der Waals surface area contributed by atoms with Crippen LogP contribution < -0.4 is 5.32 Å². The fourth-order valence-corrected chi connectivity index (χ4v) is 1.93. The Morgan fingerprint density at radius 3 is 3.20 bits per heavy atom. The third-order valence-corrected chi connectivity index (χ3v) is 2.76. The summed E-state index contributed by atoms with van der Waals surface area (Å²) in [4.78, 5) is 0. The second-order valence-electron chi connectivity index (χ2n) is 4.18. The standard InChI is InChI=1S/C11H19N3O/c1-14-7-10(6-13-14)8-15-9-11-4-2-3-5-12-11/h6-7,11-12H,2-5,8-9H2,1H3. The summed E-state index contributed by atoms with van der Waals surface area (Å²) < 4.78 is 7.46. The Labute approximate surface area is 90.6 Å². The first-order valence-electron chi connectivity index (χ1n) is 5.63. The Bertz CT molecular complexity index is 292. The van der Waals surface area contributed by atoms with Crippen molar-refractivity contribution < 1.29 is 4.74 Å². The summed E-state index contributed by atoms with van der Waals surface area (Å²) in [5.74, 6) is 0. The highest BCUT2D eigenvalue weighted by Gasteiger charge is 2.12. The molecule has 2 heterocycles. The number of ether oxygens (including phenoxy) is 1. The maximum Gasteiger partial charge on any atom is 0.0748 e. The molecule has 15 heavy (non-hydrogen) atoms. The molecule has 1 aliphatic rings. The molecule has 1 aromatic rings. The monoisotopic (exact) mass is 209 g/mol. The van der Waals surface area contributed by atoms with Gasteiger partial charge in [0, 0.05) is 24.8 Å². The van der Waals surface area contributed by atoms with Crippen LogP contribution in [-0.2, 0) is 18.4 Å². The number of aryl methyl sites for hydroxylation is 1. The van der Waals surface area contributed by atoms with Gasteiger partial charge < -0.3 is 10.1 Å². The lowest BCUT2D eigenvalue weighted by Crippen LogP contribution is -2.37. The second kappa shape index (κ2) is 5.28. The van der Waals surface area contributed by atoms with Crippen molar-refractivity contribution in [1.82, 2.24) is 15.1 Å². The first-order chi connectivity index (χ1) is 7.34. The SMILES string of the molecule is Cn1cc(COCC2CCCCN2)cn1. The van der Waals surface area contributed by atoms with Crippen molar-refractivity contribution in [2.75, 3.05) is 13.2 Å². The van der Waals surface area contributed by atoms with Crippen LogP contribution in [0.3, 0.4) is 0 Å². The van der Waals surface area contributed by atoms with Crippen molar-refractivity contribution in [2.45, 2.75) is 31.9 Å². The van der Waals surface area contributed by atoms with Gasteiger partial charge in [0.25, 0.3) is 0 Å². The zero-order valence-electron chi connectivity index (χ0n) is 9.28. The van der Waals surface area contributed by atoms with E-state index in [9.17, 15) is 0 Å². The average Bonchev–Trinajstić information content (AvgIpc) is 2.66. The molecule has 0 saturated carbocycles. The highest BCUT2D eigenvalue weighted by molar-refractivity contribution is 5.01. The number of nitrogens with one attached hydrogen (secondary N) is 1. The highest BCUT2D eigenvalue weighted by Crippen LogP contribution is 2.08. The van der Waals surface area contributed by atoms with Crippen LogP contribution in [0.4, 0.5) is 0 Å². The zero-order valence-corrected chi connectivity index (χ0v) is 9.28. The van der Waals surface area contributed by atoms with E-state index in [0.717, 1.165) is 18.7 Å². The molecular weight excluding hydrogens is 190 g/mol. The topological polar surface area (TPSA) is 39.1 Å². The number of rotatable bonds is 4. The molecule has 1 fully saturated rings. The molecule has 0 aliphatic carbocycles. The summed E-state index contributed by atoms with van der Waals surface area (Å²) in [6.45, 7) is 2.63. The van der Waals surface area contributed by atoms with E-state index in [1.807, 2.05) is 19.4 Å². The van der Waals surface area contributed by atoms with Crippen LogP contribution >= 0.6 is 0 Å². The van der Waals surface area contributed by atoms with Crippen LogP contribution in [-0.4, -0.2) is 29.0 Å². The van der Waals surface area contributed by atoms with Gasteiger partial charge in [-0.2, -0.15) is 5.10 Å². The number of piperidine rings is 1. The van der Waals surface area contributed by atoms with Gasteiger partial charge in [0.1, 0.15) is 0 Å². The Morgan fingerprint density at radius 1 is 1.60 bits per heavy atom. The van der Waals surface area contributed by atoms with Crippen LogP contribution in [0, 0.1) is 0 Å².